The average molecular weight is 309 g/mol. The minimum Gasteiger partial charge on any atom is -0.274 e. The first kappa shape index (κ1) is 18.8. The molecule has 0 atom stereocenters. The zero-order chi connectivity index (χ0) is 17.2. The molecule has 0 saturated carbocycles. The summed E-state index contributed by atoms with van der Waals surface area (Å²) >= 11 is 0. The van der Waals surface area contributed by atoms with E-state index in [1.807, 2.05) is 13.8 Å². The van der Waals surface area contributed by atoms with Crippen LogP contribution in [-0.2, 0) is 6.42 Å². The molecule has 23 heavy (non-hydrogen) atoms. The molecule has 2 aromatic rings. The van der Waals surface area contributed by atoms with Gasteiger partial charge in [0.15, 0.2) is 0 Å². The van der Waals surface area contributed by atoms with Gasteiger partial charge in [0.2, 0.25) is 0 Å². The van der Waals surface area contributed by atoms with Crippen LogP contribution in [-0.4, -0.2) is 4.98 Å². The maximum absolute atomic E-state index is 4.73. The maximum Gasteiger partial charge on any atom is 0.0709 e. The van der Waals surface area contributed by atoms with E-state index in [9.17, 15) is 0 Å². The number of pyridine rings is 1. The van der Waals surface area contributed by atoms with E-state index in [0.717, 1.165) is 35.4 Å². The van der Waals surface area contributed by atoms with E-state index in [4.69, 9.17) is 4.98 Å². The highest BCUT2D eigenvalue weighted by molar-refractivity contribution is 5.76. The molecular formula is C20H27N3. The Morgan fingerprint density at radius 1 is 1.04 bits per heavy atom. The van der Waals surface area contributed by atoms with Gasteiger partial charge in [-0.05, 0) is 43.0 Å². The fraction of sp³-hybridized carbons (Fsp3) is 0.250. The van der Waals surface area contributed by atoms with Crippen LogP contribution in [0.25, 0.3) is 11.6 Å². The summed E-state index contributed by atoms with van der Waals surface area (Å²) < 4.78 is 0. The summed E-state index contributed by atoms with van der Waals surface area (Å²) in [6, 6.07) is 12.7. The Balaban J connectivity index is 0.000000615. The lowest BCUT2D eigenvalue weighted by Gasteiger charge is -2.12. The van der Waals surface area contributed by atoms with Gasteiger partial charge in [-0.3, -0.25) is 11.7 Å². The molecule has 0 bridgehead atoms. The van der Waals surface area contributed by atoms with Crippen molar-refractivity contribution in [1.29, 1.82) is 0 Å². The highest BCUT2D eigenvalue weighted by Crippen LogP contribution is 2.24. The van der Waals surface area contributed by atoms with Gasteiger partial charge in [-0.15, -0.1) is 0 Å². The zero-order valence-corrected chi connectivity index (χ0v) is 14.3. The third-order valence-corrected chi connectivity index (χ3v) is 3.58. The number of nitrogens with two attached hydrogens (primary N) is 2. The van der Waals surface area contributed by atoms with Crippen LogP contribution in [0.4, 0.5) is 0 Å². The number of rotatable bonds is 2. The molecule has 1 aliphatic rings. The van der Waals surface area contributed by atoms with Crippen molar-refractivity contribution in [2.24, 2.45) is 11.7 Å². The Morgan fingerprint density at radius 2 is 1.70 bits per heavy atom. The molecule has 1 aromatic heterocycles. The number of aromatic nitrogens is 1. The van der Waals surface area contributed by atoms with E-state index in [-0.39, 0.29) is 0 Å². The Kier molecular flexibility index (Phi) is 7.95. The zero-order valence-electron chi connectivity index (χ0n) is 14.3. The maximum atomic E-state index is 4.73. The van der Waals surface area contributed by atoms with Crippen LogP contribution in [0.2, 0.25) is 0 Å². The smallest absolute Gasteiger partial charge is 0.0709 e. The molecule has 1 heterocycles. The Bertz CT molecular complexity index is 655. The van der Waals surface area contributed by atoms with Gasteiger partial charge in [0.1, 0.15) is 0 Å². The minimum absolute atomic E-state index is 0.967. The molecule has 0 fully saturated rings. The van der Waals surface area contributed by atoms with Crippen LogP contribution < -0.4 is 11.7 Å². The van der Waals surface area contributed by atoms with Gasteiger partial charge < -0.3 is 0 Å². The van der Waals surface area contributed by atoms with Crippen LogP contribution >= 0.6 is 0 Å². The number of hydrogen-bond acceptors (Lipinski definition) is 3. The predicted molar refractivity (Wildman–Crippen MR) is 101 cm³/mol. The van der Waals surface area contributed by atoms with Crippen molar-refractivity contribution in [2.45, 2.75) is 33.6 Å². The second-order valence-electron chi connectivity index (χ2n) is 5.03. The summed E-state index contributed by atoms with van der Waals surface area (Å²) in [5, 5.41) is 0. The number of hydrogen-bond donors (Lipinski definition) is 2. The molecule has 3 nitrogen and oxygen atoms in total. The normalized spacial score (nSPS) is 11.3. The van der Waals surface area contributed by atoms with Crippen molar-refractivity contribution in [3.63, 3.8) is 0 Å². The van der Waals surface area contributed by atoms with Gasteiger partial charge in [-0.2, -0.15) is 0 Å². The van der Waals surface area contributed by atoms with Crippen molar-refractivity contribution in [2.75, 3.05) is 0 Å². The van der Waals surface area contributed by atoms with Gasteiger partial charge in [-0.1, -0.05) is 62.4 Å². The number of hydrazine groups is 1. The molecule has 0 unspecified atom stereocenters. The summed E-state index contributed by atoms with van der Waals surface area (Å²) in [7, 11) is 0. The van der Waals surface area contributed by atoms with Crippen molar-refractivity contribution in [3.8, 4) is 0 Å². The van der Waals surface area contributed by atoms with Crippen molar-refractivity contribution in [1.82, 2.24) is 4.98 Å². The average Bonchev–Trinajstić information content (AvgIpc) is 2.65. The van der Waals surface area contributed by atoms with Crippen LogP contribution in [0, 0.1) is 6.92 Å². The number of aryl methyl sites for hydroxylation is 2. The lowest BCUT2D eigenvalue weighted by molar-refractivity contribution is 0.961. The SMILES string of the molecule is C=C(c1ccc(C)cc1)c1ccc2c(n1)C=CCC2.CC.NN. The number of nitrogens with zero attached hydrogens (tertiary/aromatic N) is 1. The fourth-order valence-corrected chi connectivity index (χ4v) is 2.36. The minimum atomic E-state index is 0.967. The van der Waals surface area contributed by atoms with E-state index < -0.39 is 0 Å². The van der Waals surface area contributed by atoms with Gasteiger partial charge >= 0.3 is 0 Å². The molecule has 122 valence electrons. The molecule has 0 saturated heterocycles. The summed E-state index contributed by atoms with van der Waals surface area (Å²) in [5.41, 5.74) is 6.78. The lowest BCUT2D eigenvalue weighted by Crippen LogP contribution is -2.02. The van der Waals surface area contributed by atoms with Gasteiger partial charge in [-0.25, -0.2) is 4.98 Å². The molecule has 0 spiro atoms. The topological polar surface area (TPSA) is 64.9 Å². The third-order valence-electron chi connectivity index (χ3n) is 3.58. The monoisotopic (exact) mass is 309 g/mol. The third kappa shape index (κ3) is 4.88. The fourth-order valence-electron chi connectivity index (χ4n) is 2.36. The molecule has 0 radical (unpaired) electrons. The first-order valence-corrected chi connectivity index (χ1v) is 8.00. The molecule has 4 N–H and O–H groups in total. The summed E-state index contributed by atoms with van der Waals surface area (Å²) in [6.45, 7) is 10.3. The Morgan fingerprint density at radius 3 is 2.35 bits per heavy atom. The second kappa shape index (κ2) is 9.72. The molecule has 1 aliphatic carbocycles. The van der Waals surface area contributed by atoms with Gasteiger partial charge in [0.25, 0.3) is 0 Å². The Labute approximate surface area is 139 Å². The van der Waals surface area contributed by atoms with Crippen LogP contribution in [0.3, 0.4) is 0 Å². The molecule has 3 rings (SSSR count). The van der Waals surface area contributed by atoms with Gasteiger partial charge in [0.05, 0.1) is 11.4 Å². The van der Waals surface area contributed by atoms with E-state index in [1.54, 1.807) is 0 Å². The summed E-state index contributed by atoms with van der Waals surface area (Å²) in [4.78, 5) is 4.73. The Hall–Kier alpha value is -2.23. The molecule has 0 amide bonds. The largest absolute Gasteiger partial charge is 0.274 e. The van der Waals surface area contributed by atoms with Crippen molar-refractivity contribution < 1.29 is 0 Å². The quantitative estimate of drug-likeness (QED) is 0.643. The van der Waals surface area contributed by atoms with Crippen LogP contribution in [0.15, 0.2) is 49.1 Å². The second-order valence-corrected chi connectivity index (χ2v) is 5.03. The molecule has 1 aromatic carbocycles. The number of allylic oxidation sites excluding steroid dienone is 1. The lowest BCUT2D eigenvalue weighted by atomic mass is 9.98. The molecule has 3 heteroatoms. The number of fused-ring (bicyclic) bond motifs is 1. The molecule has 0 aliphatic heterocycles. The number of benzene rings is 1. The van der Waals surface area contributed by atoms with E-state index >= 15 is 0 Å². The standard InChI is InChI=1S/C18H17N.C2H6.H4N2/c1-13-7-9-15(10-8-13)14(2)17-12-11-16-5-3-4-6-18(16)19-17;2*1-2/h4,6-12H,2-3,5H2,1H3;1-2H3;1-2H2. The highest BCUT2D eigenvalue weighted by atomic mass is 15.0. The van der Waals surface area contributed by atoms with E-state index in [2.05, 4.69) is 73.7 Å². The van der Waals surface area contributed by atoms with Crippen LogP contribution in [0.5, 0.6) is 0 Å². The highest BCUT2D eigenvalue weighted by Gasteiger charge is 2.09. The summed E-state index contributed by atoms with van der Waals surface area (Å²) in [5.74, 6) is 8.00. The van der Waals surface area contributed by atoms with Crippen LogP contribution in [0.1, 0.15) is 48.3 Å². The van der Waals surface area contributed by atoms with Gasteiger partial charge in [0, 0.05) is 5.57 Å². The predicted octanol–water partition coefficient (Wildman–Crippen LogP) is 4.26. The van der Waals surface area contributed by atoms with Crippen molar-refractivity contribution >= 4 is 11.6 Å². The van der Waals surface area contributed by atoms with Crippen molar-refractivity contribution in [3.05, 3.63) is 77.1 Å². The van der Waals surface area contributed by atoms with E-state index in [1.165, 1.54) is 11.1 Å². The summed E-state index contributed by atoms with van der Waals surface area (Å²) in [6.07, 6.45) is 6.52. The first-order chi connectivity index (χ1) is 11.2. The van der Waals surface area contributed by atoms with E-state index in [0.29, 0.717) is 0 Å². The first-order valence-electron chi connectivity index (χ1n) is 8.00. The molecular weight excluding hydrogens is 282 g/mol.